The van der Waals surface area contributed by atoms with E-state index >= 15 is 0 Å². The quantitative estimate of drug-likeness (QED) is 0.514. The van der Waals surface area contributed by atoms with Crippen molar-refractivity contribution in [2.75, 3.05) is 6.54 Å². The van der Waals surface area contributed by atoms with Crippen molar-refractivity contribution in [2.24, 2.45) is 5.92 Å². The predicted octanol–water partition coefficient (Wildman–Crippen LogP) is 0.692. The highest BCUT2D eigenvalue weighted by Crippen LogP contribution is 2.47. The molecular weight excluding hydrogens is 138 g/mol. The Hall–Kier alpha value is -0.340. The van der Waals surface area contributed by atoms with Gasteiger partial charge in [-0.25, -0.2) is 0 Å². The first-order chi connectivity index (χ1) is 5.30. The number of nitrogens with one attached hydrogen (secondary N) is 1. The highest BCUT2D eigenvalue weighted by molar-refractivity contribution is 5.25. The average molecular weight is 151 g/mol. The van der Waals surface area contributed by atoms with Crippen LogP contribution >= 0.6 is 0 Å². The van der Waals surface area contributed by atoms with Crippen molar-refractivity contribution in [2.45, 2.75) is 31.1 Å². The summed E-state index contributed by atoms with van der Waals surface area (Å²) in [7, 11) is 0. The summed E-state index contributed by atoms with van der Waals surface area (Å²) in [6.45, 7) is 3.28. The molecule has 4 atom stereocenters. The maximum atomic E-state index is 5.88. The molecule has 2 fully saturated rings. The summed E-state index contributed by atoms with van der Waals surface area (Å²) in [5.41, 5.74) is 0.101. The van der Waals surface area contributed by atoms with Gasteiger partial charge in [-0.3, -0.25) is 0 Å². The van der Waals surface area contributed by atoms with Crippen LogP contribution in [-0.2, 0) is 4.74 Å². The van der Waals surface area contributed by atoms with Crippen LogP contribution in [0.3, 0.4) is 0 Å². The third kappa shape index (κ3) is 0.603. The monoisotopic (exact) mass is 151 g/mol. The van der Waals surface area contributed by atoms with Gasteiger partial charge >= 0.3 is 0 Å². The number of ether oxygens (including phenoxy) is 1. The molecule has 2 heteroatoms. The molecule has 3 aliphatic rings. The number of fused-ring (bicyclic) bond motifs is 1. The normalized spacial score (nSPS) is 58.8. The third-order valence-electron chi connectivity index (χ3n) is 3.38. The summed E-state index contributed by atoms with van der Waals surface area (Å²) in [5, 5.41) is 3.46. The van der Waals surface area contributed by atoms with Gasteiger partial charge in [-0.05, 0) is 13.3 Å². The van der Waals surface area contributed by atoms with Crippen molar-refractivity contribution in [3.8, 4) is 0 Å². The highest BCUT2D eigenvalue weighted by Gasteiger charge is 2.55. The Kier molecular flexibility index (Phi) is 0.958. The molecule has 0 aromatic heterocycles. The van der Waals surface area contributed by atoms with Crippen LogP contribution in [0.15, 0.2) is 12.2 Å². The highest BCUT2D eigenvalue weighted by atomic mass is 16.5. The van der Waals surface area contributed by atoms with Crippen molar-refractivity contribution >= 4 is 0 Å². The Bertz CT molecular complexity index is 226. The maximum Gasteiger partial charge on any atom is 0.104 e. The lowest BCUT2D eigenvalue weighted by Crippen LogP contribution is -2.32. The van der Waals surface area contributed by atoms with E-state index in [1.807, 2.05) is 0 Å². The zero-order chi connectivity index (χ0) is 7.47. The molecular formula is C9H13NO. The fourth-order valence-electron chi connectivity index (χ4n) is 2.74. The lowest BCUT2D eigenvalue weighted by atomic mass is 9.82. The van der Waals surface area contributed by atoms with Gasteiger partial charge in [-0.15, -0.1) is 0 Å². The average Bonchev–Trinajstić information content (AvgIpc) is 2.62. The topological polar surface area (TPSA) is 21.3 Å². The second-order valence-corrected chi connectivity index (χ2v) is 3.98. The summed E-state index contributed by atoms with van der Waals surface area (Å²) in [5.74, 6) is 0.734. The van der Waals surface area contributed by atoms with Gasteiger partial charge in [0.25, 0.3) is 0 Å². The van der Waals surface area contributed by atoms with Crippen molar-refractivity contribution < 1.29 is 4.74 Å². The van der Waals surface area contributed by atoms with E-state index in [0.29, 0.717) is 12.1 Å². The Morgan fingerprint density at radius 1 is 1.64 bits per heavy atom. The van der Waals surface area contributed by atoms with Gasteiger partial charge in [-0.1, -0.05) is 12.2 Å². The third-order valence-corrected chi connectivity index (χ3v) is 3.38. The molecule has 0 aliphatic carbocycles. The molecule has 3 aliphatic heterocycles. The summed E-state index contributed by atoms with van der Waals surface area (Å²) in [4.78, 5) is 0. The van der Waals surface area contributed by atoms with Crippen molar-refractivity contribution in [3.05, 3.63) is 12.2 Å². The first-order valence-corrected chi connectivity index (χ1v) is 4.41. The number of hydrogen-bond acceptors (Lipinski definition) is 2. The smallest absolute Gasteiger partial charge is 0.104 e. The predicted molar refractivity (Wildman–Crippen MR) is 42.3 cm³/mol. The zero-order valence-corrected chi connectivity index (χ0v) is 6.71. The maximum absolute atomic E-state index is 5.88. The Labute approximate surface area is 66.6 Å². The summed E-state index contributed by atoms with van der Waals surface area (Å²) >= 11 is 0. The van der Waals surface area contributed by atoms with Gasteiger partial charge in [0.1, 0.15) is 5.60 Å². The largest absolute Gasteiger partial charge is 0.362 e. The lowest BCUT2D eigenvalue weighted by molar-refractivity contribution is 0.0325. The fraction of sp³-hybridized carbons (Fsp3) is 0.778. The molecule has 3 rings (SSSR count). The Balaban J connectivity index is 2.03. The first-order valence-electron chi connectivity index (χ1n) is 4.41. The minimum atomic E-state index is 0.101. The molecule has 0 radical (unpaired) electrons. The molecule has 0 saturated carbocycles. The van der Waals surface area contributed by atoms with Crippen molar-refractivity contribution in [1.82, 2.24) is 5.32 Å². The molecule has 2 bridgehead atoms. The van der Waals surface area contributed by atoms with Crippen LogP contribution in [0.4, 0.5) is 0 Å². The van der Waals surface area contributed by atoms with Crippen LogP contribution in [0.25, 0.3) is 0 Å². The Morgan fingerprint density at radius 2 is 2.55 bits per heavy atom. The summed E-state index contributed by atoms with van der Waals surface area (Å²) in [6, 6.07) is 0.643. The van der Waals surface area contributed by atoms with Crippen LogP contribution in [0, 0.1) is 5.92 Å². The lowest BCUT2D eigenvalue weighted by Gasteiger charge is -2.22. The minimum absolute atomic E-state index is 0.101. The van der Waals surface area contributed by atoms with E-state index in [2.05, 4.69) is 24.4 Å². The molecule has 1 spiro atoms. The van der Waals surface area contributed by atoms with Crippen molar-refractivity contribution in [3.63, 3.8) is 0 Å². The molecule has 2 nitrogen and oxygen atoms in total. The molecule has 0 amide bonds. The van der Waals surface area contributed by atoms with Gasteiger partial charge in [0.05, 0.1) is 6.10 Å². The fourth-order valence-corrected chi connectivity index (χ4v) is 2.74. The molecule has 2 saturated heterocycles. The van der Waals surface area contributed by atoms with E-state index in [1.54, 1.807) is 0 Å². The van der Waals surface area contributed by atoms with Crippen LogP contribution in [0.5, 0.6) is 0 Å². The van der Waals surface area contributed by atoms with E-state index in [-0.39, 0.29) is 5.60 Å². The van der Waals surface area contributed by atoms with Crippen molar-refractivity contribution in [1.29, 1.82) is 0 Å². The van der Waals surface area contributed by atoms with Gasteiger partial charge in [0.2, 0.25) is 0 Å². The van der Waals surface area contributed by atoms with Gasteiger partial charge < -0.3 is 10.1 Å². The van der Waals surface area contributed by atoms with Gasteiger partial charge in [-0.2, -0.15) is 0 Å². The van der Waals surface area contributed by atoms with E-state index in [0.717, 1.165) is 12.5 Å². The van der Waals surface area contributed by atoms with Gasteiger partial charge in [0, 0.05) is 18.5 Å². The standard InChI is InChI=1S/C9H13NO/c1-6-8-4-7-2-3-9(8,11-7)5-10-6/h2-3,6-8,10H,4-5H2,1H3/t6-,7-,8+,9-/m1/s1. The molecule has 60 valence electrons. The van der Waals surface area contributed by atoms with E-state index in [4.69, 9.17) is 4.74 Å². The number of hydrogen-bond donors (Lipinski definition) is 1. The van der Waals surface area contributed by atoms with E-state index < -0.39 is 0 Å². The summed E-state index contributed by atoms with van der Waals surface area (Å²) in [6.07, 6.45) is 6.15. The second-order valence-electron chi connectivity index (χ2n) is 3.98. The summed E-state index contributed by atoms with van der Waals surface area (Å²) < 4.78 is 5.88. The second kappa shape index (κ2) is 1.70. The molecule has 1 N–H and O–H groups in total. The molecule has 11 heavy (non-hydrogen) atoms. The minimum Gasteiger partial charge on any atom is -0.362 e. The van der Waals surface area contributed by atoms with Crippen LogP contribution < -0.4 is 5.32 Å². The molecule has 0 unspecified atom stereocenters. The Morgan fingerprint density at radius 3 is 3.27 bits per heavy atom. The van der Waals surface area contributed by atoms with E-state index in [9.17, 15) is 0 Å². The van der Waals surface area contributed by atoms with Crippen LogP contribution in [-0.4, -0.2) is 24.3 Å². The molecule has 0 aromatic rings. The zero-order valence-electron chi connectivity index (χ0n) is 6.71. The SMILES string of the molecule is C[C@H]1NC[C@]23C=C[C@H](C[C@@H]12)O3. The molecule has 3 heterocycles. The van der Waals surface area contributed by atoms with Gasteiger partial charge in [0.15, 0.2) is 0 Å². The first kappa shape index (κ1) is 6.21. The number of rotatable bonds is 0. The molecule has 0 aromatic carbocycles. The van der Waals surface area contributed by atoms with Crippen LogP contribution in [0.2, 0.25) is 0 Å². The van der Waals surface area contributed by atoms with Crippen LogP contribution in [0.1, 0.15) is 13.3 Å². The van der Waals surface area contributed by atoms with E-state index in [1.165, 1.54) is 6.42 Å².